The van der Waals surface area contributed by atoms with Gasteiger partial charge < -0.3 is 24.8 Å². The Morgan fingerprint density at radius 3 is 2.07 bits per heavy atom. The highest BCUT2D eigenvalue weighted by Gasteiger charge is 2.51. The Kier molecular flexibility index (Phi) is 8.76. The van der Waals surface area contributed by atoms with E-state index in [9.17, 15) is 9.59 Å². The number of carbonyl (C=O) groups excluding carboxylic acids is 2. The van der Waals surface area contributed by atoms with E-state index >= 15 is 0 Å². The first-order valence-electron chi connectivity index (χ1n) is 14.6. The molecule has 0 spiro atoms. The molecule has 2 amide bonds. The molecule has 2 aliphatic rings. The third-order valence-electron chi connectivity index (χ3n) is 8.92. The molecule has 8 heteroatoms. The first kappa shape index (κ1) is 30.5. The highest BCUT2D eigenvalue weighted by Crippen LogP contribution is 2.43. The summed E-state index contributed by atoms with van der Waals surface area (Å²) < 4.78 is 12.2. The number of nitrogens with one attached hydrogen (secondary N) is 3. The maximum Gasteiger partial charge on any atom is 0.273 e. The van der Waals surface area contributed by atoms with E-state index in [4.69, 9.17) is 9.47 Å². The van der Waals surface area contributed by atoms with Gasteiger partial charge in [0.25, 0.3) is 5.91 Å². The van der Waals surface area contributed by atoms with Crippen LogP contribution in [0.5, 0.6) is 0 Å². The van der Waals surface area contributed by atoms with E-state index in [0.717, 1.165) is 74.9 Å². The molecule has 2 aliphatic heterocycles. The minimum Gasteiger partial charge on any atom is -0.370 e. The largest absolute Gasteiger partial charge is 0.370 e. The molecule has 0 bridgehead atoms. The van der Waals surface area contributed by atoms with Crippen LogP contribution in [0.1, 0.15) is 94.1 Å². The number of allylic oxidation sites excluding steroid dienone is 1. The molecule has 0 radical (unpaired) electrons. The van der Waals surface area contributed by atoms with Gasteiger partial charge in [0.05, 0.1) is 11.4 Å². The lowest BCUT2D eigenvalue weighted by Crippen LogP contribution is -2.52. The summed E-state index contributed by atoms with van der Waals surface area (Å²) in [5.41, 5.74) is 9.40. The number of amides is 2. The molecule has 2 aromatic rings. The quantitative estimate of drug-likeness (QED) is 0.403. The number of methoxy groups -OCH3 is 2. The summed E-state index contributed by atoms with van der Waals surface area (Å²) in [4.78, 5) is 36.6. The minimum absolute atomic E-state index is 0.138. The van der Waals surface area contributed by atoms with Crippen LogP contribution in [0.25, 0.3) is 12.2 Å². The highest BCUT2D eigenvalue weighted by atomic mass is 16.6. The van der Waals surface area contributed by atoms with Crippen LogP contribution in [-0.4, -0.2) is 47.4 Å². The van der Waals surface area contributed by atoms with Gasteiger partial charge in [-0.3, -0.25) is 9.59 Å². The lowest BCUT2D eigenvalue weighted by molar-refractivity contribution is -0.137. The molecule has 2 unspecified atom stereocenters. The topological polar surface area (TPSA) is 109 Å². The first-order chi connectivity index (χ1) is 19.5. The van der Waals surface area contributed by atoms with E-state index in [-0.39, 0.29) is 11.8 Å². The fourth-order valence-electron chi connectivity index (χ4n) is 6.62. The second-order valence-corrected chi connectivity index (χ2v) is 10.8. The number of rotatable bonds is 10. The molecular weight excluding hydrogens is 516 g/mol. The Morgan fingerprint density at radius 1 is 0.829 bits per heavy atom. The predicted molar refractivity (Wildman–Crippen MR) is 163 cm³/mol. The SMILES string of the molecule is CCC1=C(C)C(=O)N=C1C=c1[nH]c(=Cc2[nH]c(C(OC)C3(OC)NC(=O)C(C)=C3CC)c(C)c2CC)c(CC)c1C. The van der Waals surface area contributed by atoms with Crippen molar-refractivity contribution in [3.05, 3.63) is 66.6 Å². The van der Waals surface area contributed by atoms with Gasteiger partial charge in [0.2, 0.25) is 5.91 Å². The summed E-state index contributed by atoms with van der Waals surface area (Å²) in [5, 5.41) is 5.05. The number of hydrogen-bond acceptors (Lipinski definition) is 4. The Hall–Kier alpha value is -3.49. The number of aromatic nitrogens is 2. The van der Waals surface area contributed by atoms with Crippen molar-refractivity contribution >= 4 is 29.7 Å². The standard InChI is InChI=1S/C33H44N4O4/c1-11-21-17(5)25(15-28-23(13-3)19(7)31(38)36-28)34-26(21)16-27-22(12-2)18(6)29(35-27)30(40-9)33(41-10)24(14-4)20(8)32(39)37-33/h15-16,30,34-35H,11-14H2,1-10H3,(H,37,39). The van der Waals surface area contributed by atoms with Crippen LogP contribution in [0.2, 0.25) is 0 Å². The molecule has 0 aromatic carbocycles. The van der Waals surface area contributed by atoms with Gasteiger partial charge in [-0.15, -0.1) is 0 Å². The lowest BCUT2D eigenvalue weighted by Gasteiger charge is -2.37. The second-order valence-electron chi connectivity index (χ2n) is 10.8. The van der Waals surface area contributed by atoms with Crippen molar-refractivity contribution in [1.29, 1.82) is 0 Å². The number of aromatic amines is 2. The zero-order valence-electron chi connectivity index (χ0n) is 26.1. The van der Waals surface area contributed by atoms with Gasteiger partial charge in [-0.2, -0.15) is 0 Å². The van der Waals surface area contributed by atoms with Gasteiger partial charge in [0.15, 0.2) is 5.72 Å². The molecule has 0 saturated carbocycles. The minimum atomic E-state index is -1.09. The molecule has 0 aliphatic carbocycles. The smallest absolute Gasteiger partial charge is 0.273 e. The van der Waals surface area contributed by atoms with Gasteiger partial charge in [0, 0.05) is 41.8 Å². The van der Waals surface area contributed by atoms with Crippen molar-refractivity contribution in [2.24, 2.45) is 4.99 Å². The Labute approximate surface area is 242 Å². The van der Waals surface area contributed by atoms with Crippen molar-refractivity contribution in [3.63, 3.8) is 0 Å². The van der Waals surface area contributed by atoms with Gasteiger partial charge in [0.1, 0.15) is 6.10 Å². The van der Waals surface area contributed by atoms with Crippen molar-refractivity contribution in [2.75, 3.05) is 14.2 Å². The molecule has 41 heavy (non-hydrogen) atoms. The van der Waals surface area contributed by atoms with Crippen molar-refractivity contribution < 1.29 is 19.1 Å². The molecule has 4 rings (SSSR count). The van der Waals surface area contributed by atoms with Gasteiger partial charge >= 0.3 is 0 Å². The maximum absolute atomic E-state index is 12.8. The normalized spacial score (nSPS) is 21.1. The van der Waals surface area contributed by atoms with E-state index in [1.165, 1.54) is 11.1 Å². The first-order valence-corrected chi connectivity index (χ1v) is 14.6. The van der Waals surface area contributed by atoms with Crippen molar-refractivity contribution in [3.8, 4) is 0 Å². The third-order valence-corrected chi connectivity index (χ3v) is 8.92. The van der Waals surface area contributed by atoms with Crippen molar-refractivity contribution in [2.45, 2.75) is 92.9 Å². The summed E-state index contributed by atoms with van der Waals surface area (Å²) in [6, 6.07) is 0. The maximum atomic E-state index is 12.8. The number of nitrogens with zero attached hydrogens (tertiary/aromatic N) is 1. The van der Waals surface area contributed by atoms with Crippen LogP contribution in [0.15, 0.2) is 27.3 Å². The molecule has 2 atom stereocenters. The molecule has 4 heterocycles. The zero-order valence-corrected chi connectivity index (χ0v) is 26.1. The van der Waals surface area contributed by atoms with Crippen LogP contribution in [0, 0.1) is 13.8 Å². The van der Waals surface area contributed by atoms with E-state index < -0.39 is 11.8 Å². The van der Waals surface area contributed by atoms with Crippen LogP contribution < -0.4 is 16.0 Å². The lowest BCUT2D eigenvalue weighted by atomic mass is 9.90. The van der Waals surface area contributed by atoms with Crippen LogP contribution in [-0.2, 0) is 31.9 Å². The third kappa shape index (κ3) is 4.87. The summed E-state index contributed by atoms with van der Waals surface area (Å²) >= 11 is 0. The van der Waals surface area contributed by atoms with E-state index in [1.54, 1.807) is 14.2 Å². The van der Waals surface area contributed by atoms with Gasteiger partial charge in [-0.25, -0.2) is 4.99 Å². The van der Waals surface area contributed by atoms with E-state index in [0.29, 0.717) is 12.0 Å². The molecule has 0 saturated heterocycles. The Balaban J connectivity index is 1.89. The fraction of sp³-hybridized carbons (Fsp3) is 0.485. The molecular formula is C33H44N4O4. The van der Waals surface area contributed by atoms with Crippen molar-refractivity contribution in [1.82, 2.24) is 15.3 Å². The second kappa shape index (κ2) is 11.8. The molecule has 3 N–H and O–H groups in total. The number of aliphatic imine (C=N–C) groups is 1. The summed E-state index contributed by atoms with van der Waals surface area (Å²) in [6.45, 7) is 16.2. The number of ether oxygens (including phenoxy) is 2. The fourth-order valence-corrected chi connectivity index (χ4v) is 6.62. The predicted octanol–water partition coefficient (Wildman–Crippen LogP) is 4.29. The Bertz CT molecular complexity index is 1610. The van der Waals surface area contributed by atoms with Crippen LogP contribution >= 0.6 is 0 Å². The van der Waals surface area contributed by atoms with Gasteiger partial charge in [-0.1, -0.05) is 27.7 Å². The monoisotopic (exact) mass is 560 g/mol. The molecule has 0 fully saturated rings. The van der Waals surface area contributed by atoms with E-state index in [1.807, 2.05) is 26.8 Å². The molecule has 8 nitrogen and oxygen atoms in total. The zero-order chi connectivity index (χ0) is 30.2. The average Bonchev–Trinajstić information content (AvgIpc) is 3.60. The van der Waals surface area contributed by atoms with Gasteiger partial charge in [-0.05, 0) is 98.9 Å². The summed E-state index contributed by atoms with van der Waals surface area (Å²) in [6.07, 6.45) is 6.66. The average molecular weight is 561 g/mol. The molecule has 2 aromatic heterocycles. The molecule has 220 valence electrons. The number of hydrogen-bond donors (Lipinski definition) is 3. The van der Waals surface area contributed by atoms with E-state index in [2.05, 4.69) is 61.0 Å². The number of carbonyl (C=O) groups is 2. The summed E-state index contributed by atoms with van der Waals surface area (Å²) in [5.74, 6) is -0.293. The summed E-state index contributed by atoms with van der Waals surface area (Å²) in [7, 11) is 3.26. The van der Waals surface area contributed by atoms with Crippen LogP contribution in [0.3, 0.4) is 0 Å². The number of H-pyrrole nitrogens is 2. The Morgan fingerprint density at radius 2 is 1.51 bits per heavy atom. The highest BCUT2D eigenvalue weighted by molar-refractivity contribution is 6.30. The van der Waals surface area contributed by atoms with Crippen LogP contribution in [0.4, 0.5) is 0 Å².